The van der Waals surface area contributed by atoms with Gasteiger partial charge in [-0.2, -0.15) is 0 Å². The number of amides is 1. The van der Waals surface area contributed by atoms with Gasteiger partial charge in [-0.15, -0.1) is 0 Å². The number of carbonyl (C=O) groups is 1. The number of benzene rings is 1. The van der Waals surface area contributed by atoms with Gasteiger partial charge < -0.3 is 29.8 Å². The number of imidazole rings is 1. The molecular weight excluding hydrogens is 410 g/mol. The van der Waals surface area contributed by atoms with Gasteiger partial charge in [-0.3, -0.25) is 4.79 Å². The second-order valence-electron chi connectivity index (χ2n) is 8.90. The fourth-order valence-electron chi connectivity index (χ4n) is 4.18. The van der Waals surface area contributed by atoms with Crippen LogP contribution >= 0.6 is 0 Å². The van der Waals surface area contributed by atoms with Crippen molar-refractivity contribution in [2.75, 3.05) is 39.1 Å². The molecule has 1 aliphatic heterocycles. The van der Waals surface area contributed by atoms with Gasteiger partial charge in [0.05, 0.1) is 36.4 Å². The van der Waals surface area contributed by atoms with Crippen LogP contribution in [0.25, 0.3) is 21.9 Å². The molecule has 1 saturated heterocycles. The van der Waals surface area contributed by atoms with E-state index in [4.69, 9.17) is 15.2 Å². The zero-order valence-electron chi connectivity index (χ0n) is 18.9. The zero-order chi connectivity index (χ0) is 22.9. The number of aromatic nitrogens is 3. The van der Waals surface area contributed by atoms with Crippen molar-refractivity contribution in [1.82, 2.24) is 19.4 Å². The van der Waals surface area contributed by atoms with Gasteiger partial charge in [0.2, 0.25) is 5.91 Å². The van der Waals surface area contributed by atoms with E-state index in [0.717, 1.165) is 22.0 Å². The Kier molecular flexibility index (Phi) is 6.32. The average molecular weight is 442 g/mol. The number of morpholine rings is 1. The lowest BCUT2D eigenvalue weighted by Crippen LogP contribution is -2.40. The maximum absolute atomic E-state index is 12.5. The first-order valence-corrected chi connectivity index (χ1v) is 10.9. The number of rotatable bonds is 7. The first-order valence-electron chi connectivity index (χ1n) is 10.9. The summed E-state index contributed by atoms with van der Waals surface area (Å²) in [7, 11) is 1.61. The zero-order valence-corrected chi connectivity index (χ0v) is 18.9. The van der Waals surface area contributed by atoms with E-state index < -0.39 is 5.60 Å². The van der Waals surface area contributed by atoms with Gasteiger partial charge in [0, 0.05) is 32.0 Å². The molecule has 32 heavy (non-hydrogen) atoms. The highest BCUT2D eigenvalue weighted by molar-refractivity contribution is 6.06. The summed E-state index contributed by atoms with van der Waals surface area (Å²) in [5.41, 5.74) is 8.53. The molecule has 0 saturated carbocycles. The van der Waals surface area contributed by atoms with E-state index >= 15 is 0 Å². The monoisotopic (exact) mass is 441 g/mol. The summed E-state index contributed by atoms with van der Waals surface area (Å²) in [4.78, 5) is 23.6. The summed E-state index contributed by atoms with van der Waals surface area (Å²) < 4.78 is 12.6. The summed E-state index contributed by atoms with van der Waals surface area (Å²) in [5, 5.41) is 11.4. The van der Waals surface area contributed by atoms with Crippen LogP contribution in [0.4, 0.5) is 5.82 Å². The quantitative estimate of drug-likeness (QED) is 0.575. The maximum Gasteiger partial charge on any atom is 0.223 e. The Hall–Kier alpha value is -2.75. The van der Waals surface area contributed by atoms with Gasteiger partial charge in [0.15, 0.2) is 5.82 Å². The molecule has 1 fully saturated rings. The lowest BCUT2D eigenvalue weighted by atomic mass is 10.0. The number of aliphatic hydroxyl groups is 1. The molecule has 0 aliphatic carbocycles. The third kappa shape index (κ3) is 4.69. The highest BCUT2D eigenvalue weighted by Crippen LogP contribution is 2.31. The average Bonchev–Trinajstić information content (AvgIpc) is 3.10. The summed E-state index contributed by atoms with van der Waals surface area (Å²) in [5.74, 6) is 1.16. The third-order valence-corrected chi connectivity index (χ3v) is 5.66. The van der Waals surface area contributed by atoms with Crippen molar-refractivity contribution in [2.45, 2.75) is 45.4 Å². The number of hydrogen-bond acceptors (Lipinski definition) is 7. The molecule has 0 bridgehead atoms. The molecule has 4 rings (SSSR count). The second-order valence-corrected chi connectivity index (χ2v) is 8.90. The van der Waals surface area contributed by atoms with E-state index in [9.17, 15) is 9.90 Å². The molecule has 0 spiro atoms. The summed E-state index contributed by atoms with van der Waals surface area (Å²) >= 11 is 0. The Balaban J connectivity index is 1.68. The summed E-state index contributed by atoms with van der Waals surface area (Å²) in [6, 6.07) is 6.00. The summed E-state index contributed by atoms with van der Waals surface area (Å²) in [6.07, 6.45) is 1.07. The smallest absolute Gasteiger partial charge is 0.223 e. The first kappa shape index (κ1) is 22.4. The van der Waals surface area contributed by atoms with Crippen molar-refractivity contribution in [2.24, 2.45) is 0 Å². The van der Waals surface area contributed by atoms with Crippen LogP contribution < -0.4 is 5.73 Å². The normalized spacial score (nSPS) is 15.1. The number of ether oxygens (including phenoxy) is 2. The van der Waals surface area contributed by atoms with Crippen LogP contribution in [0.5, 0.6) is 0 Å². The lowest BCUT2D eigenvalue weighted by Gasteiger charge is -2.26. The predicted octanol–water partition coefficient (Wildman–Crippen LogP) is 1.88. The lowest BCUT2D eigenvalue weighted by molar-refractivity contribution is -0.135. The Labute approximate surface area is 187 Å². The van der Waals surface area contributed by atoms with Crippen molar-refractivity contribution >= 4 is 33.7 Å². The maximum atomic E-state index is 12.5. The standard InChI is InChI=1S/C23H31N5O4/c1-23(2,30)14-28-18(13-31-3)26-20-21(28)16-6-4-15(12-17(16)25-22(20)24)5-7-19(29)27-8-10-32-11-9-27/h4,6,12,30H,5,7-11,13-14H2,1-3H3,(H2,24,25). The van der Waals surface area contributed by atoms with E-state index in [1.54, 1.807) is 21.0 Å². The van der Waals surface area contributed by atoms with Gasteiger partial charge in [-0.05, 0) is 31.9 Å². The van der Waals surface area contributed by atoms with E-state index in [-0.39, 0.29) is 5.91 Å². The van der Waals surface area contributed by atoms with E-state index in [1.165, 1.54) is 0 Å². The molecule has 2 aromatic heterocycles. The number of fused-ring (bicyclic) bond motifs is 3. The fourth-order valence-corrected chi connectivity index (χ4v) is 4.18. The topological polar surface area (TPSA) is 116 Å². The minimum atomic E-state index is -0.944. The molecule has 0 unspecified atom stereocenters. The van der Waals surface area contributed by atoms with Gasteiger partial charge >= 0.3 is 0 Å². The second kappa shape index (κ2) is 9.01. The summed E-state index contributed by atoms with van der Waals surface area (Å²) in [6.45, 7) is 6.67. The minimum Gasteiger partial charge on any atom is -0.389 e. The number of hydrogen-bond donors (Lipinski definition) is 2. The van der Waals surface area contributed by atoms with Crippen LogP contribution in [-0.4, -0.2) is 69.5 Å². The number of pyridine rings is 1. The van der Waals surface area contributed by atoms with Crippen molar-refractivity contribution in [3.05, 3.63) is 29.6 Å². The number of nitrogens with two attached hydrogens (primary N) is 1. The minimum absolute atomic E-state index is 0.142. The molecule has 3 aromatic rings. The van der Waals surface area contributed by atoms with E-state index in [0.29, 0.717) is 69.5 Å². The molecule has 1 amide bonds. The van der Waals surface area contributed by atoms with Crippen LogP contribution in [0.1, 0.15) is 31.7 Å². The van der Waals surface area contributed by atoms with Crippen LogP contribution in [0, 0.1) is 0 Å². The van der Waals surface area contributed by atoms with E-state index in [2.05, 4.69) is 9.97 Å². The van der Waals surface area contributed by atoms with Gasteiger partial charge in [0.1, 0.15) is 17.9 Å². The highest BCUT2D eigenvalue weighted by Gasteiger charge is 2.23. The van der Waals surface area contributed by atoms with Gasteiger partial charge in [-0.25, -0.2) is 9.97 Å². The number of anilines is 1. The van der Waals surface area contributed by atoms with Crippen LogP contribution in [0.3, 0.4) is 0 Å². The largest absolute Gasteiger partial charge is 0.389 e. The predicted molar refractivity (Wildman–Crippen MR) is 122 cm³/mol. The molecule has 0 radical (unpaired) electrons. The molecule has 9 heteroatoms. The third-order valence-electron chi connectivity index (χ3n) is 5.66. The van der Waals surface area contributed by atoms with Crippen molar-refractivity contribution in [3.8, 4) is 0 Å². The fraction of sp³-hybridized carbons (Fsp3) is 0.522. The Bertz CT molecular complexity index is 1130. The number of nitrogen functional groups attached to an aromatic ring is 1. The number of methoxy groups -OCH3 is 1. The van der Waals surface area contributed by atoms with Gasteiger partial charge in [0.25, 0.3) is 0 Å². The molecule has 172 valence electrons. The SMILES string of the molecule is COCc1nc2c(N)nc3cc(CCC(=O)N4CCOCC4)ccc3c2n1CC(C)(C)O. The number of aryl methyl sites for hydroxylation is 1. The van der Waals surface area contributed by atoms with E-state index in [1.807, 2.05) is 27.7 Å². The Morgan fingerprint density at radius 3 is 2.72 bits per heavy atom. The van der Waals surface area contributed by atoms with Gasteiger partial charge in [-0.1, -0.05) is 12.1 Å². The number of nitrogens with zero attached hydrogens (tertiary/aromatic N) is 4. The highest BCUT2D eigenvalue weighted by atomic mass is 16.5. The van der Waals surface area contributed by atoms with Crippen LogP contribution in [-0.2, 0) is 33.8 Å². The molecular formula is C23H31N5O4. The molecule has 1 aromatic carbocycles. The molecule has 9 nitrogen and oxygen atoms in total. The van der Waals surface area contributed by atoms with Crippen molar-refractivity contribution in [1.29, 1.82) is 0 Å². The molecule has 3 heterocycles. The van der Waals surface area contributed by atoms with Crippen LogP contribution in [0.15, 0.2) is 18.2 Å². The van der Waals surface area contributed by atoms with Crippen LogP contribution in [0.2, 0.25) is 0 Å². The van der Waals surface area contributed by atoms with Crippen molar-refractivity contribution in [3.63, 3.8) is 0 Å². The Morgan fingerprint density at radius 2 is 2.03 bits per heavy atom. The first-order chi connectivity index (χ1) is 15.3. The Morgan fingerprint density at radius 1 is 1.28 bits per heavy atom. The molecule has 1 aliphatic rings. The molecule has 0 atom stereocenters. The molecule has 3 N–H and O–H groups in total. The number of carbonyl (C=O) groups excluding carboxylic acids is 1. The van der Waals surface area contributed by atoms with Crippen molar-refractivity contribution < 1.29 is 19.4 Å².